The maximum atomic E-state index is 13.5. The predicted octanol–water partition coefficient (Wildman–Crippen LogP) is 3.93. The molecule has 0 bridgehead atoms. The van der Waals surface area contributed by atoms with Crippen LogP contribution in [-0.4, -0.2) is 40.7 Å². The number of rotatable bonds is 9. The quantitative estimate of drug-likeness (QED) is 0.483. The van der Waals surface area contributed by atoms with Gasteiger partial charge in [-0.3, -0.25) is 9.10 Å². The fraction of sp³-hybridized carbons (Fsp3) is 0.269. The summed E-state index contributed by atoms with van der Waals surface area (Å²) in [6.07, 6.45) is 0. The van der Waals surface area contributed by atoms with Crippen LogP contribution in [0.4, 0.5) is 5.69 Å². The number of fused-ring (bicyclic) bond motifs is 1. The topological polar surface area (TPSA) is 94.2 Å². The van der Waals surface area contributed by atoms with E-state index in [4.69, 9.17) is 14.2 Å². The van der Waals surface area contributed by atoms with E-state index in [1.165, 1.54) is 12.1 Å². The molecule has 0 spiro atoms. The largest absolute Gasteiger partial charge is 0.494 e. The molecule has 0 saturated carbocycles. The van der Waals surface area contributed by atoms with Crippen molar-refractivity contribution in [3.05, 3.63) is 78.4 Å². The molecular weight excluding hydrogens is 468 g/mol. The summed E-state index contributed by atoms with van der Waals surface area (Å²) in [4.78, 5) is 13.1. The lowest BCUT2D eigenvalue weighted by Gasteiger charge is -2.25. The van der Waals surface area contributed by atoms with Crippen LogP contribution in [0.1, 0.15) is 25.5 Å². The van der Waals surface area contributed by atoms with Crippen molar-refractivity contribution in [1.82, 2.24) is 5.32 Å². The molecule has 1 amide bonds. The van der Waals surface area contributed by atoms with Crippen LogP contribution in [0.3, 0.4) is 0 Å². The Morgan fingerprint density at radius 2 is 1.69 bits per heavy atom. The first-order valence-electron chi connectivity index (χ1n) is 11.4. The molecule has 1 N–H and O–H groups in total. The minimum Gasteiger partial charge on any atom is -0.494 e. The Labute approximate surface area is 205 Å². The molecule has 3 aromatic rings. The van der Waals surface area contributed by atoms with E-state index in [1.807, 2.05) is 26.0 Å². The summed E-state index contributed by atoms with van der Waals surface area (Å²) in [5.74, 6) is 1.46. The number of amides is 1. The van der Waals surface area contributed by atoms with E-state index in [9.17, 15) is 13.2 Å². The lowest BCUT2D eigenvalue weighted by atomic mass is 10.1. The van der Waals surface area contributed by atoms with Crippen LogP contribution < -0.4 is 23.8 Å². The third-order valence-corrected chi connectivity index (χ3v) is 7.29. The van der Waals surface area contributed by atoms with E-state index in [-0.39, 0.29) is 17.5 Å². The van der Waals surface area contributed by atoms with Gasteiger partial charge in [0.25, 0.3) is 10.0 Å². The highest BCUT2D eigenvalue weighted by atomic mass is 32.2. The number of benzene rings is 3. The number of ether oxygens (including phenoxy) is 3. The molecule has 1 aliphatic heterocycles. The zero-order chi connectivity index (χ0) is 24.8. The van der Waals surface area contributed by atoms with Crippen LogP contribution in [0, 0.1) is 0 Å². The van der Waals surface area contributed by atoms with Crippen LogP contribution in [0.2, 0.25) is 0 Å². The number of nitrogens with zero attached hydrogens (tertiary/aromatic N) is 1. The second-order valence-electron chi connectivity index (χ2n) is 7.94. The molecule has 9 heteroatoms. The molecule has 1 heterocycles. The van der Waals surface area contributed by atoms with E-state index >= 15 is 0 Å². The first-order valence-corrected chi connectivity index (χ1v) is 12.8. The van der Waals surface area contributed by atoms with Crippen LogP contribution in [0.5, 0.6) is 17.2 Å². The maximum Gasteiger partial charge on any atom is 0.264 e. The molecule has 1 aliphatic rings. The van der Waals surface area contributed by atoms with Gasteiger partial charge >= 0.3 is 0 Å². The van der Waals surface area contributed by atoms with E-state index in [2.05, 4.69) is 5.32 Å². The van der Waals surface area contributed by atoms with Crippen molar-refractivity contribution in [2.75, 3.05) is 30.7 Å². The van der Waals surface area contributed by atoms with Crippen molar-refractivity contribution >= 4 is 21.6 Å². The van der Waals surface area contributed by atoms with Crippen LogP contribution in [0.15, 0.2) is 77.7 Å². The highest BCUT2D eigenvalue weighted by Crippen LogP contribution is 2.32. The normalized spacial score (nSPS) is 13.5. The van der Waals surface area contributed by atoms with Gasteiger partial charge in [-0.1, -0.05) is 24.3 Å². The number of nitrogens with one attached hydrogen (secondary N) is 1. The fourth-order valence-corrected chi connectivity index (χ4v) is 5.18. The monoisotopic (exact) mass is 496 g/mol. The molecule has 1 unspecified atom stereocenters. The molecular formula is C26H28N2O6S. The number of carbonyl (C=O) groups is 1. The Morgan fingerprint density at radius 3 is 2.37 bits per heavy atom. The summed E-state index contributed by atoms with van der Waals surface area (Å²) in [7, 11) is -3.99. The SMILES string of the molecule is CCOc1ccc(N(CC(=O)NC(C)c2ccc3c(c2)OCCO3)S(=O)(=O)c2ccccc2)cc1. The van der Waals surface area contributed by atoms with Crippen molar-refractivity contribution in [1.29, 1.82) is 0 Å². The van der Waals surface area contributed by atoms with E-state index in [1.54, 1.807) is 48.5 Å². The van der Waals surface area contributed by atoms with Crippen LogP contribution >= 0.6 is 0 Å². The summed E-state index contributed by atoms with van der Waals surface area (Å²) < 4.78 is 44.7. The Morgan fingerprint density at radius 1 is 1.00 bits per heavy atom. The van der Waals surface area contributed by atoms with Gasteiger partial charge in [0.1, 0.15) is 25.5 Å². The predicted molar refractivity (Wildman–Crippen MR) is 133 cm³/mol. The molecule has 4 rings (SSSR count). The van der Waals surface area contributed by atoms with Crippen molar-refractivity contribution in [2.24, 2.45) is 0 Å². The van der Waals surface area contributed by atoms with Gasteiger partial charge in [0, 0.05) is 0 Å². The van der Waals surface area contributed by atoms with Crippen LogP contribution in [0.25, 0.3) is 0 Å². The molecule has 3 aromatic carbocycles. The Hall–Kier alpha value is -3.72. The summed E-state index contributed by atoms with van der Waals surface area (Å²) >= 11 is 0. The van der Waals surface area contributed by atoms with Gasteiger partial charge in [0.05, 0.1) is 23.2 Å². The second-order valence-corrected chi connectivity index (χ2v) is 9.81. The summed E-state index contributed by atoms with van der Waals surface area (Å²) in [5.41, 5.74) is 1.18. The maximum absolute atomic E-state index is 13.5. The van der Waals surface area contributed by atoms with Crippen molar-refractivity contribution < 1.29 is 27.4 Å². The minimum absolute atomic E-state index is 0.0987. The van der Waals surface area contributed by atoms with Crippen LogP contribution in [-0.2, 0) is 14.8 Å². The average Bonchev–Trinajstić information content (AvgIpc) is 2.88. The first kappa shape index (κ1) is 24.4. The van der Waals surface area contributed by atoms with Gasteiger partial charge < -0.3 is 19.5 Å². The molecule has 8 nitrogen and oxygen atoms in total. The van der Waals surface area contributed by atoms with Gasteiger partial charge in [-0.15, -0.1) is 0 Å². The molecule has 0 aromatic heterocycles. The number of hydrogen-bond donors (Lipinski definition) is 1. The van der Waals surface area contributed by atoms with Crippen molar-refractivity contribution in [2.45, 2.75) is 24.8 Å². The summed E-state index contributed by atoms with van der Waals surface area (Å²) in [5, 5.41) is 2.89. The number of sulfonamides is 1. The fourth-order valence-electron chi connectivity index (χ4n) is 3.74. The highest BCUT2D eigenvalue weighted by Gasteiger charge is 2.28. The number of carbonyl (C=O) groups excluding carboxylic acids is 1. The number of hydrogen-bond acceptors (Lipinski definition) is 6. The number of anilines is 1. The van der Waals surface area contributed by atoms with Gasteiger partial charge in [0.15, 0.2) is 11.5 Å². The molecule has 0 saturated heterocycles. The van der Waals surface area contributed by atoms with Gasteiger partial charge in [-0.25, -0.2) is 8.42 Å². The average molecular weight is 497 g/mol. The summed E-state index contributed by atoms with van der Waals surface area (Å²) in [6.45, 7) is 4.76. The van der Waals surface area contributed by atoms with Gasteiger partial charge in [-0.05, 0) is 67.9 Å². The lowest BCUT2D eigenvalue weighted by molar-refractivity contribution is -0.120. The standard InChI is InChI=1S/C26H28N2O6S/c1-3-32-22-12-10-21(11-13-22)28(35(30,31)23-7-5-4-6-8-23)18-26(29)27-19(2)20-9-14-24-25(17-20)34-16-15-33-24/h4-14,17,19H,3,15-16,18H2,1-2H3,(H,27,29). The second kappa shape index (κ2) is 10.7. The summed E-state index contributed by atoms with van der Waals surface area (Å²) in [6, 6.07) is 19.8. The molecule has 0 aliphatic carbocycles. The third kappa shape index (κ3) is 5.68. The Kier molecular flexibility index (Phi) is 7.45. The first-order chi connectivity index (χ1) is 16.9. The minimum atomic E-state index is -3.99. The Bertz CT molecular complexity index is 1260. The Balaban J connectivity index is 1.56. The van der Waals surface area contributed by atoms with Gasteiger partial charge in [0.2, 0.25) is 5.91 Å². The van der Waals surface area contributed by atoms with E-state index in [0.717, 1.165) is 9.87 Å². The molecule has 0 radical (unpaired) electrons. The third-order valence-electron chi connectivity index (χ3n) is 5.50. The molecule has 1 atom stereocenters. The van der Waals surface area contributed by atoms with E-state index < -0.39 is 15.9 Å². The molecule has 35 heavy (non-hydrogen) atoms. The highest BCUT2D eigenvalue weighted by molar-refractivity contribution is 7.92. The zero-order valence-corrected chi connectivity index (χ0v) is 20.5. The van der Waals surface area contributed by atoms with Crippen molar-refractivity contribution in [3.63, 3.8) is 0 Å². The zero-order valence-electron chi connectivity index (χ0n) is 19.6. The smallest absolute Gasteiger partial charge is 0.264 e. The van der Waals surface area contributed by atoms with E-state index in [0.29, 0.717) is 42.8 Å². The molecule has 0 fully saturated rings. The van der Waals surface area contributed by atoms with Gasteiger partial charge in [-0.2, -0.15) is 0 Å². The van der Waals surface area contributed by atoms with Crippen molar-refractivity contribution in [3.8, 4) is 17.2 Å². The molecule has 184 valence electrons. The lowest BCUT2D eigenvalue weighted by Crippen LogP contribution is -2.41.